The maximum atomic E-state index is 11.5. The molecule has 2 heterocycles. The van der Waals surface area contributed by atoms with Crippen LogP contribution < -0.4 is 9.64 Å². The Kier molecular flexibility index (Phi) is 4.42. The number of nitrogens with zero attached hydrogens (tertiary/aromatic N) is 2. The van der Waals surface area contributed by atoms with Crippen LogP contribution in [0.15, 0.2) is 30.3 Å². The molecule has 1 saturated heterocycles. The fourth-order valence-electron chi connectivity index (χ4n) is 2.69. The van der Waals surface area contributed by atoms with E-state index in [0.717, 1.165) is 29.8 Å². The summed E-state index contributed by atoms with van der Waals surface area (Å²) in [6.45, 7) is 4.13. The number of hydrogen-bond acceptors (Lipinski definition) is 5. The summed E-state index contributed by atoms with van der Waals surface area (Å²) in [6, 6.07) is 9.83. The number of esters is 1. The highest BCUT2D eigenvalue weighted by atomic mass is 16.6. The monoisotopic (exact) mass is 300 g/mol. The van der Waals surface area contributed by atoms with Crippen molar-refractivity contribution >= 4 is 22.7 Å². The van der Waals surface area contributed by atoms with E-state index < -0.39 is 0 Å². The van der Waals surface area contributed by atoms with Gasteiger partial charge in [-0.05, 0) is 38.0 Å². The normalized spacial score (nSPS) is 14.3. The number of benzene rings is 1. The van der Waals surface area contributed by atoms with E-state index in [0.29, 0.717) is 12.4 Å². The zero-order chi connectivity index (χ0) is 15.4. The lowest BCUT2D eigenvalue weighted by molar-refractivity contribution is -0.145. The first-order chi connectivity index (χ1) is 10.8. The van der Waals surface area contributed by atoms with E-state index in [9.17, 15) is 4.79 Å². The summed E-state index contributed by atoms with van der Waals surface area (Å²) in [4.78, 5) is 18.5. The molecular formula is C17H20N2O3. The van der Waals surface area contributed by atoms with Gasteiger partial charge in [0.25, 0.3) is 0 Å². The highest BCUT2D eigenvalue weighted by Crippen LogP contribution is 2.27. The molecule has 5 heteroatoms. The lowest BCUT2D eigenvalue weighted by Gasteiger charge is -2.17. The van der Waals surface area contributed by atoms with Gasteiger partial charge < -0.3 is 14.4 Å². The summed E-state index contributed by atoms with van der Waals surface area (Å²) in [5.41, 5.74) is 0.788. The van der Waals surface area contributed by atoms with Crippen LogP contribution in [-0.4, -0.2) is 37.3 Å². The fraction of sp³-hybridized carbons (Fsp3) is 0.412. The van der Waals surface area contributed by atoms with Crippen molar-refractivity contribution < 1.29 is 14.3 Å². The first-order valence-corrected chi connectivity index (χ1v) is 7.71. The van der Waals surface area contributed by atoms with Gasteiger partial charge in [-0.1, -0.05) is 12.1 Å². The highest BCUT2D eigenvalue weighted by molar-refractivity contribution is 5.86. The summed E-state index contributed by atoms with van der Waals surface area (Å²) in [6.07, 6.45) is 2.42. The first kappa shape index (κ1) is 14.6. The summed E-state index contributed by atoms with van der Waals surface area (Å²) in [5.74, 6) is 1.22. The van der Waals surface area contributed by atoms with Crippen LogP contribution in [0.3, 0.4) is 0 Å². The van der Waals surface area contributed by atoms with Crippen molar-refractivity contribution in [1.29, 1.82) is 0 Å². The van der Waals surface area contributed by atoms with E-state index >= 15 is 0 Å². The summed E-state index contributed by atoms with van der Waals surface area (Å²) in [5, 5.41) is 1.00. The number of carbonyl (C=O) groups excluding carboxylic acids is 1. The summed E-state index contributed by atoms with van der Waals surface area (Å²) in [7, 11) is 0. The Morgan fingerprint density at radius 2 is 2.05 bits per heavy atom. The molecule has 1 aliphatic heterocycles. The molecule has 3 rings (SSSR count). The van der Waals surface area contributed by atoms with Crippen molar-refractivity contribution in [3.8, 4) is 5.75 Å². The summed E-state index contributed by atoms with van der Waals surface area (Å²) >= 11 is 0. The van der Waals surface area contributed by atoms with E-state index in [2.05, 4.69) is 4.90 Å². The van der Waals surface area contributed by atoms with E-state index in [1.54, 1.807) is 6.92 Å². The second-order valence-corrected chi connectivity index (χ2v) is 5.29. The van der Waals surface area contributed by atoms with Gasteiger partial charge in [-0.15, -0.1) is 0 Å². The molecule has 0 radical (unpaired) electrons. The molecule has 0 unspecified atom stereocenters. The zero-order valence-electron chi connectivity index (χ0n) is 12.7. The molecule has 0 saturated carbocycles. The van der Waals surface area contributed by atoms with Crippen LogP contribution >= 0.6 is 0 Å². The van der Waals surface area contributed by atoms with Crippen LogP contribution in [0.5, 0.6) is 5.75 Å². The molecule has 1 aromatic heterocycles. The van der Waals surface area contributed by atoms with Gasteiger partial charge in [0.2, 0.25) is 0 Å². The highest BCUT2D eigenvalue weighted by Gasteiger charge is 2.15. The van der Waals surface area contributed by atoms with E-state index in [4.69, 9.17) is 14.5 Å². The molecule has 1 aliphatic rings. The van der Waals surface area contributed by atoms with E-state index in [1.807, 2.05) is 30.3 Å². The van der Waals surface area contributed by atoms with Gasteiger partial charge in [-0.25, -0.2) is 9.78 Å². The smallest absolute Gasteiger partial charge is 0.344 e. The molecule has 0 bridgehead atoms. The number of carbonyl (C=O) groups is 1. The lowest BCUT2D eigenvalue weighted by Crippen LogP contribution is -2.19. The van der Waals surface area contributed by atoms with Crippen molar-refractivity contribution in [2.45, 2.75) is 19.8 Å². The van der Waals surface area contributed by atoms with Gasteiger partial charge >= 0.3 is 5.97 Å². The number of fused-ring (bicyclic) bond motifs is 1. The standard InChI is InChI=1S/C17H20N2O3/c1-2-21-16(20)12-22-14-7-5-6-13-8-9-15(18-17(13)14)19-10-3-4-11-19/h5-9H,2-4,10-12H2,1H3. The quantitative estimate of drug-likeness (QED) is 0.795. The number of rotatable bonds is 5. The Bertz CT molecular complexity index is 666. The predicted molar refractivity (Wildman–Crippen MR) is 85.3 cm³/mol. The second kappa shape index (κ2) is 6.64. The molecular weight excluding hydrogens is 280 g/mol. The molecule has 2 aromatic rings. The van der Waals surface area contributed by atoms with Crippen molar-refractivity contribution in [1.82, 2.24) is 4.98 Å². The Balaban J connectivity index is 1.85. The average molecular weight is 300 g/mol. The number of hydrogen-bond donors (Lipinski definition) is 0. The van der Waals surface area contributed by atoms with Crippen molar-refractivity contribution in [3.05, 3.63) is 30.3 Å². The van der Waals surface area contributed by atoms with Crippen molar-refractivity contribution in [2.24, 2.45) is 0 Å². The fourth-order valence-corrected chi connectivity index (χ4v) is 2.69. The van der Waals surface area contributed by atoms with Gasteiger partial charge in [0.1, 0.15) is 17.1 Å². The topological polar surface area (TPSA) is 51.7 Å². The lowest BCUT2D eigenvalue weighted by atomic mass is 10.2. The predicted octanol–water partition coefficient (Wildman–Crippen LogP) is 2.78. The van der Waals surface area contributed by atoms with Gasteiger partial charge in [0.15, 0.2) is 6.61 Å². The number of para-hydroxylation sites is 1. The Morgan fingerprint density at radius 1 is 1.23 bits per heavy atom. The number of pyridine rings is 1. The van der Waals surface area contributed by atoms with Gasteiger partial charge in [0, 0.05) is 18.5 Å². The van der Waals surface area contributed by atoms with Crippen LogP contribution in [0.1, 0.15) is 19.8 Å². The maximum Gasteiger partial charge on any atom is 0.344 e. The van der Waals surface area contributed by atoms with Crippen LogP contribution in [0.4, 0.5) is 5.82 Å². The third kappa shape index (κ3) is 3.13. The average Bonchev–Trinajstić information content (AvgIpc) is 3.07. The number of anilines is 1. The molecule has 22 heavy (non-hydrogen) atoms. The Labute approximate surface area is 129 Å². The zero-order valence-corrected chi connectivity index (χ0v) is 12.7. The van der Waals surface area contributed by atoms with E-state index in [1.165, 1.54) is 12.8 Å². The second-order valence-electron chi connectivity index (χ2n) is 5.29. The molecule has 0 N–H and O–H groups in total. The van der Waals surface area contributed by atoms with Gasteiger partial charge in [0.05, 0.1) is 6.61 Å². The number of ether oxygens (including phenoxy) is 2. The molecule has 0 amide bonds. The molecule has 5 nitrogen and oxygen atoms in total. The number of aromatic nitrogens is 1. The van der Waals surface area contributed by atoms with Crippen LogP contribution in [0.2, 0.25) is 0 Å². The minimum absolute atomic E-state index is 0.0947. The minimum Gasteiger partial charge on any atom is -0.480 e. The third-order valence-electron chi connectivity index (χ3n) is 3.75. The van der Waals surface area contributed by atoms with Gasteiger partial charge in [-0.2, -0.15) is 0 Å². The largest absolute Gasteiger partial charge is 0.480 e. The molecule has 0 aliphatic carbocycles. The maximum absolute atomic E-state index is 11.5. The minimum atomic E-state index is -0.366. The van der Waals surface area contributed by atoms with Crippen molar-refractivity contribution in [3.63, 3.8) is 0 Å². The first-order valence-electron chi connectivity index (χ1n) is 7.71. The molecule has 116 valence electrons. The van der Waals surface area contributed by atoms with Crippen molar-refractivity contribution in [2.75, 3.05) is 31.2 Å². The molecule has 1 aromatic carbocycles. The SMILES string of the molecule is CCOC(=O)COc1cccc2ccc(N3CCCC3)nc12. The van der Waals surface area contributed by atoms with Gasteiger partial charge in [-0.3, -0.25) is 0 Å². The summed E-state index contributed by atoms with van der Waals surface area (Å²) < 4.78 is 10.5. The Hall–Kier alpha value is -2.30. The third-order valence-corrected chi connectivity index (χ3v) is 3.75. The van der Waals surface area contributed by atoms with Crippen LogP contribution in [-0.2, 0) is 9.53 Å². The van der Waals surface area contributed by atoms with Crippen LogP contribution in [0, 0.1) is 0 Å². The Morgan fingerprint density at radius 3 is 2.82 bits per heavy atom. The van der Waals surface area contributed by atoms with Crippen LogP contribution in [0.25, 0.3) is 10.9 Å². The molecule has 1 fully saturated rings. The molecule has 0 atom stereocenters. The molecule has 0 spiro atoms. The van der Waals surface area contributed by atoms with E-state index in [-0.39, 0.29) is 12.6 Å².